The van der Waals surface area contributed by atoms with E-state index >= 15 is 0 Å². The minimum absolute atomic E-state index is 0.0172. The third-order valence-electron chi connectivity index (χ3n) is 5.19. The third kappa shape index (κ3) is 4.43. The van der Waals surface area contributed by atoms with E-state index in [1.54, 1.807) is 31.4 Å². The predicted molar refractivity (Wildman–Crippen MR) is 118 cm³/mol. The van der Waals surface area contributed by atoms with Crippen LogP contribution in [0.5, 0.6) is 5.75 Å². The van der Waals surface area contributed by atoms with Gasteiger partial charge in [-0.3, -0.25) is 14.5 Å². The lowest BCUT2D eigenvalue weighted by Crippen LogP contribution is -2.70. The molecule has 166 valence electrons. The topological polar surface area (TPSA) is 105 Å². The molecule has 2 aromatic rings. The van der Waals surface area contributed by atoms with Crippen LogP contribution >= 0.6 is 11.8 Å². The number of aliphatic hydroxyl groups excluding tert-OH is 1. The summed E-state index contributed by atoms with van der Waals surface area (Å²) < 4.78 is 10.4. The number of aliphatic hydroxyl groups is 1. The molecule has 32 heavy (non-hydrogen) atoms. The molecule has 0 aliphatic carbocycles. The van der Waals surface area contributed by atoms with Crippen molar-refractivity contribution >= 4 is 29.5 Å². The summed E-state index contributed by atoms with van der Waals surface area (Å²) in [6, 6.07) is 15.5. The Bertz CT molecular complexity index is 1050. The molecule has 0 saturated carbocycles. The van der Waals surface area contributed by atoms with Gasteiger partial charge in [0, 0.05) is 0 Å². The van der Waals surface area contributed by atoms with Crippen LogP contribution in [-0.2, 0) is 32.1 Å². The van der Waals surface area contributed by atoms with E-state index in [1.807, 2.05) is 30.3 Å². The van der Waals surface area contributed by atoms with E-state index in [1.165, 1.54) is 16.7 Å². The molecule has 2 amide bonds. The normalized spacial score (nSPS) is 19.7. The van der Waals surface area contributed by atoms with Crippen LogP contribution in [0.15, 0.2) is 66.1 Å². The van der Waals surface area contributed by atoms with E-state index < -0.39 is 23.3 Å². The zero-order valence-corrected chi connectivity index (χ0v) is 18.1. The molecular formula is C23H22N2O6S. The number of hydrogen-bond donors (Lipinski definition) is 2. The second-order valence-corrected chi connectivity index (χ2v) is 8.44. The van der Waals surface area contributed by atoms with Crippen LogP contribution in [0.25, 0.3) is 0 Å². The fourth-order valence-electron chi connectivity index (χ4n) is 3.54. The SMILES string of the molecule is COc1ccc(COC(=O)C2=C(O)CSC3C(NC(=O)Cc4ccccc4)C(=O)N23)cc1. The minimum Gasteiger partial charge on any atom is -0.509 e. The largest absolute Gasteiger partial charge is 0.509 e. The van der Waals surface area contributed by atoms with Gasteiger partial charge in [-0.15, -0.1) is 11.8 Å². The molecule has 2 heterocycles. The Hall–Kier alpha value is -3.46. The summed E-state index contributed by atoms with van der Waals surface area (Å²) in [5.41, 5.74) is 1.41. The zero-order valence-electron chi connectivity index (χ0n) is 17.3. The highest BCUT2D eigenvalue weighted by molar-refractivity contribution is 8.00. The molecular weight excluding hydrogens is 432 g/mol. The van der Waals surface area contributed by atoms with Crippen molar-refractivity contribution in [3.63, 3.8) is 0 Å². The summed E-state index contributed by atoms with van der Waals surface area (Å²) in [5.74, 6) is -0.908. The number of fused-ring (bicyclic) bond motifs is 1. The fourth-order valence-corrected chi connectivity index (χ4v) is 4.74. The molecule has 1 saturated heterocycles. The van der Waals surface area contributed by atoms with E-state index in [9.17, 15) is 19.5 Å². The van der Waals surface area contributed by atoms with Crippen molar-refractivity contribution in [1.29, 1.82) is 0 Å². The first-order chi connectivity index (χ1) is 15.5. The number of hydrogen-bond acceptors (Lipinski definition) is 7. The smallest absolute Gasteiger partial charge is 0.358 e. The summed E-state index contributed by atoms with van der Waals surface area (Å²) >= 11 is 1.28. The third-order valence-corrected chi connectivity index (χ3v) is 6.46. The number of nitrogens with one attached hydrogen (secondary N) is 1. The summed E-state index contributed by atoms with van der Waals surface area (Å²) in [7, 11) is 1.56. The molecule has 2 unspecified atom stereocenters. The minimum atomic E-state index is -0.786. The second-order valence-electron chi connectivity index (χ2n) is 7.34. The number of β-lactam (4-membered cyclic amide) rings is 1. The molecule has 8 nitrogen and oxygen atoms in total. The summed E-state index contributed by atoms with van der Waals surface area (Å²) in [4.78, 5) is 38.9. The molecule has 1 fully saturated rings. The van der Waals surface area contributed by atoms with Gasteiger partial charge < -0.3 is 19.9 Å². The van der Waals surface area contributed by atoms with Crippen molar-refractivity contribution in [3.8, 4) is 5.75 Å². The molecule has 2 aliphatic rings. The molecule has 2 N–H and O–H groups in total. The van der Waals surface area contributed by atoms with Gasteiger partial charge in [0.1, 0.15) is 29.5 Å². The molecule has 4 rings (SSSR count). The maximum Gasteiger partial charge on any atom is 0.358 e. The molecule has 2 aliphatic heterocycles. The lowest BCUT2D eigenvalue weighted by Gasteiger charge is -2.48. The number of esters is 1. The van der Waals surface area contributed by atoms with Crippen LogP contribution in [0.3, 0.4) is 0 Å². The van der Waals surface area contributed by atoms with Crippen molar-refractivity contribution in [2.75, 3.05) is 12.9 Å². The Morgan fingerprint density at radius 1 is 1.12 bits per heavy atom. The first kappa shape index (κ1) is 21.8. The van der Waals surface area contributed by atoms with Crippen molar-refractivity contribution < 1.29 is 29.0 Å². The lowest BCUT2D eigenvalue weighted by atomic mass is 10.0. The van der Waals surface area contributed by atoms with Gasteiger partial charge in [-0.1, -0.05) is 42.5 Å². The molecule has 9 heteroatoms. The van der Waals surface area contributed by atoms with Crippen LogP contribution in [0, 0.1) is 0 Å². The predicted octanol–water partition coefficient (Wildman–Crippen LogP) is 2.15. The quantitative estimate of drug-likeness (QED) is 0.488. The average molecular weight is 455 g/mol. The van der Waals surface area contributed by atoms with Crippen molar-refractivity contribution in [3.05, 3.63) is 77.2 Å². The number of ether oxygens (including phenoxy) is 2. The van der Waals surface area contributed by atoms with Crippen LogP contribution in [0.2, 0.25) is 0 Å². The fraction of sp³-hybridized carbons (Fsp3) is 0.261. The second kappa shape index (κ2) is 9.35. The Labute approximate surface area is 189 Å². The van der Waals surface area contributed by atoms with Crippen LogP contribution in [0.4, 0.5) is 0 Å². The summed E-state index contributed by atoms with van der Waals surface area (Å²) in [6.07, 6.45) is 0.153. The molecule has 0 bridgehead atoms. The van der Waals surface area contributed by atoms with Gasteiger partial charge in [-0.25, -0.2) is 4.79 Å². The monoisotopic (exact) mass is 454 g/mol. The highest BCUT2D eigenvalue weighted by Gasteiger charge is 2.54. The maximum atomic E-state index is 12.7. The lowest BCUT2D eigenvalue weighted by molar-refractivity contribution is -0.153. The molecule has 2 atom stereocenters. The zero-order chi connectivity index (χ0) is 22.7. The van der Waals surface area contributed by atoms with Crippen LogP contribution in [-0.4, -0.2) is 52.1 Å². The van der Waals surface area contributed by atoms with E-state index in [4.69, 9.17) is 9.47 Å². The number of carbonyl (C=O) groups is 3. The van der Waals surface area contributed by atoms with Gasteiger partial charge in [0.05, 0.1) is 19.3 Å². The molecule has 0 spiro atoms. The summed E-state index contributed by atoms with van der Waals surface area (Å²) in [6.45, 7) is -0.0172. The summed E-state index contributed by atoms with van der Waals surface area (Å²) in [5, 5.41) is 12.5. The van der Waals surface area contributed by atoms with Crippen molar-refractivity contribution in [2.45, 2.75) is 24.4 Å². The number of methoxy groups -OCH3 is 1. The van der Waals surface area contributed by atoms with E-state index in [0.29, 0.717) is 5.75 Å². The van der Waals surface area contributed by atoms with E-state index in [2.05, 4.69) is 5.32 Å². The highest BCUT2D eigenvalue weighted by Crippen LogP contribution is 2.40. The van der Waals surface area contributed by atoms with Gasteiger partial charge in [0.2, 0.25) is 5.91 Å². The maximum absolute atomic E-state index is 12.7. The average Bonchev–Trinajstić information content (AvgIpc) is 2.81. The van der Waals surface area contributed by atoms with Crippen molar-refractivity contribution in [2.24, 2.45) is 0 Å². The van der Waals surface area contributed by atoms with Gasteiger partial charge in [0.15, 0.2) is 5.70 Å². The number of benzene rings is 2. The number of amides is 2. The Kier molecular flexibility index (Phi) is 6.36. The van der Waals surface area contributed by atoms with E-state index in [-0.39, 0.29) is 36.1 Å². The van der Waals surface area contributed by atoms with Gasteiger partial charge >= 0.3 is 5.97 Å². The van der Waals surface area contributed by atoms with Crippen LogP contribution in [0.1, 0.15) is 11.1 Å². The number of rotatable bonds is 7. The Morgan fingerprint density at radius 3 is 2.53 bits per heavy atom. The molecule has 0 aromatic heterocycles. The van der Waals surface area contributed by atoms with Crippen molar-refractivity contribution in [1.82, 2.24) is 10.2 Å². The Balaban J connectivity index is 1.37. The number of carbonyl (C=O) groups excluding carboxylic acids is 3. The molecule has 2 aromatic carbocycles. The molecule has 0 radical (unpaired) electrons. The van der Waals surface area contributed by atoms with Gasteiger partial charge in [-0.2, -0.15) is 0 Å². The van der Waals surface area contributed by atoms with Crippen LogP contribution < -0.4 is 10.1 Å². The Morgan fingerprint density at radius 2 is 1.84 bits per heavy atom. The van der Waals surface area contributed by atoms with Gasteiger partial charge in [-0.05, 0) is 23.3 Å². The number of nitrogens with zero attached hydrogens (tertiary/aromatic N) is 1. The highest BCUT2D eigenvalue weighted by atomic mass is 32.2. The standard InChI is InChI=1S/C23H22N2O6S/c1-30-16-9-7-15(8-10-16)12-31-23(29)20-17(26)13-32-22-19(21(28)25(20)22)24-18(27)11-14-5-3-2-4-6-14/h2-10,19,22,26H,11-13H2,1H3,(H,24,27). The first-order valence-corrected chi connectivity index (χ1v) is 11.0. The number of thioether (sulfide) groups is 1. The van der Waals surface area contributed by atoms with Gasteiger partial charge in [0.25, 0.3) is 5.91 Å². The van der Waals surface area contributed by atoms with E-state index in [0.717, 1.165) is 11.1 Å². The first-order valence-electron chi connectivity index (χ1n) is 9.98.